The molecule has 1 aliphatic carbocycles. The zero-order chi connectivity index (χ0) is 6.69. The number of rotatable bonds is 1. The standard InChI is InChI=1S/C8H17B/c1-7-4-2-3-5-8(7)6-9/h7-8H,2-6,9H2,1H3/t7-,8?/m1/s1. The van der Waals surface area contributed by atoms with Gasteiger partial charge < -0.3 is 0 Å². The highest BCUT2D eigenvalue weighted by Gasteiger charge is 2.18. The fourth-order valence-electron chi connectivity index (χ4n) is 2.00. The first-order valence-corrected chi connectivity index (χ1v) is 4.34. The molecule has 0 aliphatic heterocycles. The van der Waals surface area contributed by atoms with Crippen molar-refractivity contribution in [3.8, 4) is 0 Å². The van der Waals surface area contributed by atoms with Crippen LogP contribution in [0.1, 0.15) is 32.6 Å². The molecule has 9 heavy (non-hydrogen) atoms. The monoisotopic (exact) mass is 124 g/mol. The molecule has 52 valence electrons. The van der Waals surface area contributed by atoms with Crippen molar-refractivity contribution in [3.63, 3.8) is 0 Å². The van der Waals surface area contributed by atoms with Crippen molar-refractivity contribution in [1.82, 2.24) is 0 Å². The number of hydrogen-bond acceptors (Lipinski definition) is 0. The van der Waals surface area contributed by atoms with Crippen LogP contribution in [0.4, 0.5) is 0 Å². The predicted molar refractivity (Wildman–Crippen MR) is 44.5 cm³/mol. The van der Waals surface area contributed by atoms with Crippen molar-refractivity contribution in [2.24, 2.45) is 11.8 Å². The van der Waals surface area contributed by atoms with Crippen LogP contribution in [-0.2, 0) is 0 Å². The molecule has 1 heteroatoms. The molecule has 2 atom stereocenters. The Kier molecular flexibility index (Phi) is 2.62. The summed E-state index contributed by atoms with van der Waals surface area (Å²) in [7, 11) is 2.33. The van der Waals surface area contributed by atoms with E-state index in [2.05, 4.69) is 14.8 Å². The van der Waals surface area contributed by atoms with Gasteiger partial charge in [-0.3, -0.25) is 0 Å². The van der Waals surface area contributed by atoms with E-state index in [0.717, 1.165) is 11.8 Å². The maximum Gasteiger partial charge on any atom is 0.101 e. The summed E-state index contributed by atoms with van der Waals surface area (Å²) in [6.07, 6.45) is 7.36. The highest BCUT2D eigenvalue weighted by atomic mass is 14.2. The lowest BCUT2D eigenvalue weighted by atomic mass is 9.74. The van der Waals surface area contributed by atoms with E-state index in [1.54, 1.807) is 0 Å². The molecule has 0 saturated heterocycles. The van der Waals surface area contributed by atoms with Crippen LogP contribution in [0.15, 0.2) is 0 Å². The van der Waals surface area contributed by atoms with Gasteiger partial charge in [0.05, 0.1) is 0 Å². The van der Waals surface area contributed by atoms with Gasteiger partial charge in [-0.1, -0.05) is 38.9 Å². The molecule has 1 saturated carbocycles. The molecule has 0 aromatic carbocycles. The van der Waals surface area contributed by atoms with Crippen LogP contribution in [0, 0.1) is 11.8 Å². The first kappa shape index (κ1) is 7.18. The molecule has 0 nitrogen and oxygen atoms in total. The molecule has 0 spiro atoms. The lowest BCUT2D eigenvalue weighted by molar-refractivity contribution is 0.277. The van der Waals surface area contributed by atoms with Crippen LogP contribution < -0.4 is 0 Å². The Labute approximate surface area is 59.4 Å². The lowest BCUT2D eigenvalue weighted by Crippen LogP contribution is -2.15. The van der Waals surface area contributed by atoms with Gasteiger partial charge in [-0.2, -0.15) is 0 Å². The minimum atomic E-state index is 1.02. The highest BCUT2D eigenvalue weighted by Crippen LogP contribution is 2.30. The van der Waals surface area contributed by atoms with Crippen LogP contribution in [0.3, 0.4) is 0 Å². The zero-order valence-electron chi connectivity index (χ0n) is 6.69. The quantitative estimate of drug-likeness (QED) is 0.468. The van der Waals surface area contributed by atoms with Crippen molar-refractivity contribution in [2.75, 3.05) is 0 Å². The summed E-state index contributed by atoms with van der Waals surface area (Å²) in [5, 5.41) is 0. The molecule has 0 N–H and O–H groups in total. The summed E-state index contributed by atoms with van der Waals surface area (Å²) in [6, 6.07) is 0. The summed E-state index contributed by atoms with van der Waals surface area (Å²) in [4.78, 5) is 0. The third-order valence-electron chi connectivity index (χ3n) is 2.81. The van der Waals surface area contributed by atoms with Crippen molar-refractivity contribution in [2.45, 2.75) is 38.9 Å². The van der Waals surface area contributed by atoms with Crippen LogP contribution in [0.25, 0.3) is 0 Å². The second-order valence-corrected chi connectivity index (χ2v) is 3.43. The van der Waals surface area contributed by atoms with Gasteiger partial charge in [-0.25, -0.2) is 0 Å². The normalized spacial score (nSPS) is 36.6. The third kappa shape index (κ3) is 1.74. The summed E-state index contributed by atoms with van der Waals surface area (Å²) >= 11 is 0. The maximum atomic E-state index is 2.41. The molecule has 0 bridgehead atoms. The second kappa shape index (κ2) is 3.29. The summed E-state index contributed by atoms with van der Waals surface area (Å²) in [6.45, 7) is 2.41. The van der Waals surface area contributed by atoms with Gasteiger partial charge in [0, 0.05) is 0 Å². The summed E-state index contributed by atoms with van der Waals surface area (Å²) in [5.41, 5.74) is 0. The molecular formula is C8H17B. The van der Waals surface area contributed by atoms with Crippen molar-refractivity contribution in [1.29, 1.82) is 0 Å². The Hall–Kier alpha value is 0.0649. The van der Waals surface area contributed by atoms with Crippen LogP contribution in [-0.4, -0.2) is 7.85 Å². The zero-order valence-corrected chi connectivity index (χ0v) is 6.69. The van der Waals surface area contributed by atoms with E-state index >= 15 is 0 Å². The molecule has 1 aliphatic rings. The SMILES string of the molecule is BCC1CCCC[C@H]1C. The minimum absolute atomic E-state index is 1.02. The fourth-order valence-corrected chi connectivity index (χ4v) is 2.00. The van der Waals surface area contributed by atoms with Gasteiger partial charge in [-0.15, -0.1) is 0 Å². The van der Waals surface area contributed by atoms with Gasteiger partial charge in [-0.05, 0) is 11.8 Å². The van der Waals surface area contributed by atoms with E-state index in [9.17, 15) is 0 Å². The Bertz CT molecular complexity index is 80.6. The van der Waals surface area contributed by atoms with Crippen molar-refractivity contribution >= 4 is 7.85 Å². The van der Waals surface area contributed by atoms with Crippen molar-refractivity contribution in [3.05, 3.63) is 0 Å². The Morgan fingerprint density at radius 1 is 1.33 bits per heavy atom. The second-order valence-electron chi connectivity index (χ2n) is 3.43. The first-order chi connectivity index (χ1) is 4.34. The Morgan fingerprint density at radius 2 is 2.00 bits per heavy atom. The van der Waals surface area contributed by atoms with E-state index in [0.29, 0.717) is 0 Å². The molecule has 0 aromatic heterocycles. The van der Waals surface area contributed by atoms with Gasteiger partial charge in [0.15, 0.2) is 0 Å². The Balaban J connectivity index is 2.30. The highest BCUT2D eigenvalue weighted by molar-refractivity contribution is 6.08. The number of hydrogen-bond donors (Lipinski definition) is 0. The van der Waals surface area contributed by atoms with Gasteiger partial charge in [0.1, 0.15) is 7.85 Å². The first-order valence-electron chi connectivity index (χ1n) is 4.34. The van der Waals surface area contributed by atoms with E-state index in [-0.39, 0.29) is 0 Å². The molecule has 1 fully saturated rings. The molecule has 0 radical (unpaired) electrons. The smallest absolute Gasteiger partial charge is 0.0780 e. The fraction of sp³-hybridized carbons (Fsp3) is 1.00. The summed E-state index contributed by atoms with van der Waals surface area (Å²) in [5.74, 6) is 2.07. The molecule has 0 heterocycles. The lowest BCUT2D eigenvalue weighted by Gasteiger charge is -2.27. The molecule has 0 amide bonds. The van der Waals surface area contributed by atoms with E-state index in [4.69, 9.17) is 0 Å². The maximum absolute atomic E-state index is 2.41. The van der Waals surface area contributed by atoms with Crippen LogP contribution >= 0.6 is 0 Å². The summed E-state index contributed by atoms with van der Waals surface area (Å²) < 4.78 is 0. The van der Waals surface area contributed by atoms with Gasteiger partial charge in [0.2, 0.25) is 0 Å². The predicted octanol–water partition coefficient (Wildman–Crippen LogP) is 1.86. The van der Waals surface area contributed by atoms with Gasteiger partial charge >= 0.3 is 0 Å². The molecular weight excluding hydrogens is 107 g/mol. The largest absolute Gasteiger partial charge is 0.101 e. The minimum Gasteiger partial charge on any atom is -0.0780 e. The Morgan fingerprint density at radius 3 is 2.44 bits per heavy atom. The van der Waals surface area contributed by atoms with Crippen molar-refractivity contribution < 1.29 is 0 Å². The molecule has 1 unspecified atom stereocenters. The average molecular weight is 124 g/mol. The van der Waals surface area contributed by atoms with E-state index < -0.39 is 0 Å². The average Bonchev–Trinajstić information content (AvgIpc) is 1.89. The third-order valence-corrected chi connectivity index (χ3v) is 2.81. The molecule has 0 aromatic rings. The van der Waals surface area contributed by atoms with Crippen LogP contribution in [0.2, 0.25) is 6.32 Å². The van der Waals surface area contributed by atoms with Gasteiger partial charge in [0.25, 0.3) is 0 Å². The van der Waals surface area contributed by atoms with E-state index in [1.807, 2.05) is 0 Å². The topological polar surface area (TPSA) is 0 Å². The van der Waals surface area contributed by atoms with Crippen LogP contribution in [0.5, 0.6) is 0 Å². The molecule has 1 rings (SSSR count). The van der Waals surface area contributed by atoms with E-state index in [1.165, 1.54) is 32.0 Å².